The summed E-state index contributed by atoms with van der Waals surface area (Å²) >= 11 is 0. The summed E-state index contributed by atoms with van der Waals surface area (Å²) in [4.78, 5) is 4.21. The number of benzene rings is 1. The Balaban J connectivity index is 1.98. The summed E-state index contributed by atoms with van der Waals surface area (Å²) in [5.41, 5.74) is 3.74. The van der Waals surface area contributed by atoms with E-state index in [9.17, 15) is 0 Å². The number of hydrogen-bond acceptors (Lipinski definition) is 4. The molecule has 0 saturated heterocycles. The summed E-state index contributed by atoms with van der Waals surface area (Å²) in [5, 5.41) is 15.5. The molecule has 1 aromatic carbocycles. The summed E-state index contributed by atoms with van der Waals surface area (Å²) in [6.07, 6.45) is 4.70. The van der Waals surface area contributed by atoms with Crippen molar-refractivity contribution in [3.05, 3.63) is 53.9 Å². The third kappa shape index (κ3) is 3.99. The van der Waals surface area contributed by atoms with Gasteiger partial charge in [-0.15, -0.1) is 0 Å². The van der Waals surface area contributed by atoms with Crippen LogP contribution in [0.25, 0.3) is 0 Å². The highest BCUT2D eigenvalue weighted by atomic mass is 14.9. The van der Waals surface area contributed by atoms with Crippen molar-refractivity contribution >= 4 is 11.4 Å². The second kappa shape index (κ2) is 7.15. The minimum Gasteiger partial charge on any atom is -0.384 e. The third-order valence-electron chi connectivity index (χ3n) is 2.87. The van der Waals surface area contributed by atoms with Gasteiger partial charge in [-0.25, -0.2) is 0 Å². The number of nitrogens with zero attached hydrogens (tertiary/aromatic N) is 2. The number of rotatable bonds is 6. The predicted molar refractivity (Wildman–Crippen MR) is 81.5 cm³/mol. The molecule has 0 aliphatic heterocycles. The Bertz CT molecular complexity index is 601. The number of pyridine rings is 1. The van der Waals surface area contributed by atoms with Crippen LogP contribution in [0, 0.1) is 11.3 Å². The largest absolute Gasteiger partial charge is 0.384 e. The van der Waals surface area contributed by atoms with Crippen LogP contribution in [0.5, 0.6) is 0 Å². The first-order valence-electron chi connectivity index (χ1n) is 6.73. The fraction of sp³-hybridized carbons (Fsp3) is 0.250. The Kier molecular flexibility index (Phi) is 4.96. The van der Waals surface area contributed by atoms with Crippen LogP contribution in [-0.2, 0) is 6.54 Å². The van der Waals surface area contributed by atoms with Gasteiger partial charge < -0.3 is 10.6 Å². The number of anilines is 2. The molecule has 0 bridgehead atoms. The monoisotopic (exact) mass is 266 g/mol. The van der Waals surface area contributed by atoms with Crippen LogP contribution in [-0.4, -0.2) is 11.5 Å². The lowest BCUT2D eigenvalue weighted by atomic mass is 10.1. The summed E-state index contributed by atoms with van der Waals surface area (Å²) in [6.45, 7) is 3.74. The van der Waals surface area contributed by atoms with Gasteiger partial charge in [0, 0.05) is 13.1 Å². The zero-order valence-electron chi connectivity index (χ0n) is 11.6. The van der Waals surface area contributed by atoms with Gasteiger partial charge in [0.15, 0.2) is 0 Å². The van der Waals surface area contributed by atoms with E-state index >= 15 is 0 Å². The van der Waals surface area contributed by atoms with Crippen LogP contribution in [0.4, 0.5) is 11.4 Å². The molecule has 0 fully saturated rings. The van der Waals surface area contributed by atoms with Gasteiger partial charge >= 0.3 is 0 Å². The lowest BCUT2D eigenvalue weighted by Gasteiger charge is -2.09. The molecule has 2 rings (SSSR count). The fourth-order valence-electron chi connectivity index (χ4n) is 1.86. The van der Waals surface area contributed by atoms with E-state index in [1.165, 1.54) is 0 Å². The normalized spacial score (nSPS) is 9.80. The Morgan fingerprint density at radius 3 is 2.70 bits per heavy atom. The summed E-state index contributed by atoms with van der Waals surface area (Å²) < 4.78 is 0. The van der Waals surface area contributed by atoms with Gasteiger partial charge in [-0.3, -0.25) is 4.98 Å². The smallest absolute Gasteiger partial charge is 0.0991 e. The average Bonchev–Trinajstić information content (AvgIpc) is 2.51. The summed E-state index contributed by atoms with van der Waals surface area (Å²) in [7, 11) is 0. The third-order valence-corrected chi connectivity index (χ3v) is 2.87. The molecule has 0 spiro atoms. The molecule has 1 aromatic heterocycles. The van der Waals surface area contributed by atoms with Gasteiger partial charge in [0.1, 0.15) is 0 Å². The molecule has 2 aromatic rings. The minimum absolute atomic E-state index is 0.675. The molecule has 20 heavy (non-hydrogen) atoms. The van der Waals surface area contributed by atoms with Gasteiger partial charge in [-0.1, -0.05) is 19.1 Å². The van der Waals surface area contributed by atoms with Crippen molar-refractivity contribution < 1.29 is 0 Å². The summed E-state index contributed by atoms with van der Waals surface area (Å²) in [6, 6.07) is 11.8. The Morgan fingerprint density at radius 1 is 1.15 bits per heavy atom. The summed E-state index contributed by atoms with van der Waals surface area (Å²) in [5.74, 6) is 0. The maximum Gasteiger partial charge on any atom is 0.0991 e. The quantitative estimate of drug-likeness (QED) is 0.841. The second-order valence-electron chi connectivity index (χ2n) is 4.55. The molecule has 0 unspecified atom stereocenters. The highest BCUT2D eigenvalue weighted by Crippen LogP contribution is 2.14. The molecule has 0 atom stereocenters. The number of nitrogens with one attached hydrogen (secondary N) is 2. The number of nitriles is 1. The van der Waals surface area contributed by atoms with Crippen LogP contribution in [0.2, 0.25) is 0 Å². The maximum atomic E-state index is 8.88. The lowest BCUT2D eigenvalue weighted by Crippen LogP contribution is -2.03. The van der Waals surface area contributed by atoms with Crippen molar-refractivity contribution in [1.29, 1.82) is 5.26 Å². The molecule has 0 amide bonds. The van der Waals surface area contributed by atoms with Crippen molar-refractivity contribution in [3.8, 4) is 6.07 Å². The van der Waals surface area contributed by atoms with Crippen molar-refractivity contribution in [2.24, 2.45) is 0 Å². The Hall–Kier alpha value is -2.54. The zero-order chi connectivity index (χ0) is 14.2. The number of aromatic nitrogens is 1. The molecule has 1 heterocycles. The van der Waals surface area contributed by atoms with Gasteiger partial charge in [-0.05, 0) is 30.2 Å². The maximum absolute atomic E-state index is 8.88. The number of hydrogen-bond donors (Lipinski definition) is 2. The van der Waals surface area contributed by atoms with E-state index in [-0.39, 0.29) is 0 Å². The van der Waals surface area contributed by atoms with Gasteiger partial charge in [0.2, 0.25) is 0 Å². The molecule has 0 saturated carbocycles. The highest BCUT2D eigenvalue weighted by molar-refractivity contribution is 5.54. The second-order valence-corrected chi connectivity index (χ2v) is 4.55. The standard InChI is InChI=1S/C16H18N4/c1-2-6-19-15-8-16(12-18-11-15)20-10-14-5-3-4-13(7-14)9-17/h3-5,7-8,11-12,19-20H,2,6,10H2,1H3. The van der Waals surface area contributed by atoms with Crippen LogP contribution in [0.15, 0.2) is 42.7 Å². The van der Waals surface area contributed by atoms with Crippen molar-refractivity contribution in [2.45, 2.75) is 19.9 Å². The average molecular weight is 266 g/mol. The Morgan fingerprint density at radius 2 is 1.95 bits per heavy atom. The van der Waals surface area contributed by atoms with E-state index in [1.807, 2.05) is 30.5 Å². The van der Waals surface area contributed by atoms with E-state index in [0.29, 0.717) is 12.1 Å². The van der Waals surface area contributed by atoms with E-state index in [2.05, 4.69) is 28.6 Å². The van der Waals surface area contributed by atoms with Crippen molar-refractivity contribution in [2.75, 3.05) is 17.2 Å². The van der Waals surface area contributed by atoms with E-state index in [1.54, 1.807) is 12.3 Å². The first-order chi connectivity index (χ1) is 9.81. The van der Waals surface area contributed by atoms with Gasteiger partial charge in [-0.2, -0.15) is 5.26 Å². The van der Waals surface area contributed by atoms with Crippen LogP contribution in [0.1, 0.15) is 24.5 Å². The van der Waals surface area contributed by atoms with Crippen molar-refractivity contribution in [3.63, 3.8) is 0 Å². The first kappa shape index (κ1) is 13.9. The highest BCUT2D eigenvalue weighted by Gasteiger charge is 1.98. The van der Waals surface area contributed by atoms with E-state index < -0.39 is 0 Å². The molecule has 0 aliphatic rings. The van der Waals surface area contributed by atoms with Crippen LogP contribution < -0.4 is 10.6 Å². The molecular formula is C16H18N4. The van der Waals surface area contributed by atoms with E-state index in [0.717, 1.165) is 29.9 Å². The molecular weight excluding hydrogens is 248 g/mol. The molecule has 0 aliphatic carbocycles. The van der Waals surface area contributed by atoms with Crippen molar-refractivity contribution in [1.82, 2.24) is 4.98 Å². The minimum atomic E-state index is 0.675. The molecule has 102 valence electrons. The fourth-order valence-corrected chi connectivity index (χ4v) is 1.86. The lowest BCUT2D eigenvalue weighted by molar-refractivity contribution is 0.977. The Labute approximate surface area is 119 Å². The zero-order valence-corrected chi connectivity index (χ0v) is 11.6. The molecule has 0 radical (unpaired) electrons. The molecule has 2 N–H and O–H groups in total. The first-order valence-corrected chi connectivity index (χ1v) is 6.73. The van der Waals surface area contributed by atoms with Crippen LogP contribution >= 0.6 is 0 Å². The SMILES string of the molecule is CCCNc1cncc(NCc2cccc(C#N)c2)c1. The predicted octanol–water partition coefficient (Wildman–Crippen LogP) is 3.39. The van der Waals surface area contributed by atoms with Crippen LogP contribution in [0.3, 0.4) is 0 Å². The van der Waals surface area contributed by atoms with E-state index in [4.69, 9.17) is 5.26 Å². The molecule has 4 heteroatoms. The molecule has 4 nitrogen and oxygen atoms in total. The van der Waals surface area contributed by atoms with Gasteiger partial charge in [0.25, 0.3) is 0 Å². The van der Waals surface area contributed by atoms with Gasteiger partial charge in [0.05, 0.1) is 35.4 Å². The topological polar surface area (TPSA) is 60.7 Å².